The van der Waals surface area contributed by atoms with E-state index < -0.39 is 11.9 Å². The van der Waals surface area contributed by atoms with Crippen molar-refractivity contribution in [1.82, 2.24) is 9.88 Å². The molecule has 0 bridgehead atoms. The van der Waals surface area contributed by atoms with Gasteiger partial charge in [-0.2, -0.15) is 4.39 Å². The minimum atomic E-state index is -2.43. The van der Waals surface area contributed by atoms with E-state index in [-0.39, 0.29) is 18.8 Å². The highest BCUT2D eigenvalue weighted by Crippen LogP contribution is 2.42. The number of halogens is 3. The fourth-order valence-electron chi connectivity index (χ4n) is 3.06. The molecule has 6 heteroatoms. The van der Waals surface area contributed by atoms with Crippen LogP contribution in [0.1, 0.15) is 12.8 Å². The van der Waals surface area contributed by atoms with Gasteiger partial charge in [-0.3, -0.25) is 4.90 Å². The molecule has 0 amide bonds. The average Bonchev–Trinajstić information content (AvgIpc) is 2.37. The maximum Gasteiger partial charge on any atom is 0.248 e. The molecule has 0 unspecified atom stereocenters. The molecular formula is C14H18F3N3. The summed E-state index contributed by atoms with van der Waals surface area (Å²) < 4.78 is 38.7. The van der Waals surface area contributed by atoms with E-state index in [1.165, 1.54) is 12.3 Å². The summed E-state index contributed by atoms with van der Waals surface area (Å²) in [6.45, 7) is 4.03. The van der Waals surface area contributed by atoms with E-state index in [0.717, 1.165) is 38.4 Å². The summed E-state index contributed by atoms with van der Waals surface area (Å²) in [6.07, 6.45) is 1.53. The molecule has 0 radical (unpaired) electrons. The van der Waals surface area contributed by atoms with Crippen molar-refractivity contribution in [3.63, 3.8) is 0 Å². The zero-order valence-electron chi connectivity index (χ0n) is 11.2. The van der Waals surface area contributed by atoms with Gasteiger partial charge in [0, 0.05) is 63.5 Å². The standard InChI is InChI=1S/C14H18F3N3/c15-13-7-12(1-2-18-13)20-5-3-19(4-6-20)10-11-8-14(16,17)9-11/h1-2,7,11H,3-6,8-10H2. The Labute approximate surface area is 116 Å². The van der Waals surface area contributed by atoms with Crippen LogP contribution in [0.4, 0.5) is 18.9 Å². The Morgan fingerprint density at radius 3 is 2.50 bits per heavy atom. The lowest BCUT2D eigenvalue weighted by molar-refractivity contribution is -0.116. The van der Waals surface area contributed by atoms with Crippen molar-refractivity contribution in [2.24, 2.45) is 5.92 Å². The van der Waals surface area contributed by atoms with Crippen LogP contribution in [-0.4, -0.2) is 48.5 Å². The Bertz CT molecular complexity index is 464. The maximum absolute atomic E-state index is 13.1. The summed E-state index contributed by atoms with van der Waals surface area (Å²) in [7, 11) is 0. The molecule has 0 N–H and O–H groups in total. The van der Waals surface area contributed by atoms with Crippen LogP contribution in [-0.2, 0) is 0 Å². The van der Waals surface area contributed by atoms with Crippen LogP contribution in [0.15, 0.2) is 18.3 Å². The van der Waals surface area contributed by atoms with Crippen molar-refractivity contribution >= 4 is 5.69 Å². The summed E-state index contributed by atoms with van der Waals surface area (Å²) in [4.78, 5) is 7.88. The summed E-state index contributed by atoms with van der Waals surface area (Å²) in [5.74, 6) is -2.77. The fraction of sp³-hybridized carbons (Fsp3) is 0.643. The SMILES string of the molecule is Fc1cc(N2CCN(CC3CC(F)(F)C3)CC2)ccn1. The van der Waals surface area contributed by atoms with Crippen molar-refractivity contribution < 1.29 is 13.2 Å². The molecule has 2 aliphatic rings. The van der Waals surface area contributed by atoms with E-state index in [1.54, 1.807) is 6.07 Å². The van der Waals surface area contributed by atoms with E-state index in [2.05, 4.69) is 14.8 Å². The quantitative estimate of drug-likeness (QED) is 0.795. The largest absolute Gasteiger partial charge is 0.369 e. The molecule has 2 heterocycles. The molecule has 1 aliphatic heterocycles. The molecule has 0 spiro atoms. The van der Waals surface area contributed by atoms with Crippen molar-refractivity contribution in [2.75, 3.05) is 37.6 Å². The molecule has 1 aromatic heterocycles. The third-order valence-electron chi connectivity index (χ3n) is 4.14. The van der Waals surface area contributed by atoms with Gasteiger partial charge < -0.3 is 4.90 Å². The Kier molecular flexibility index (Phi) is 3.58. The third-order valence-corrected chi connectivity index (χ3v) is 4.14. The monoisotopic (exact) mass is 285 g/mol. The molecule has 1 aliphatic carbocycles. The molecule has 1 saturated heterocycles. The number of piperazine rings is 1. The van der Waals surface area contributed by atoms with Crippen LogP contribution in [0.5, 0.6) is 0 Å². The van der Waals surface area contributed by atoms with Gasteiger partial charge in [0.2, 0.25) is 11.9 Å². The van der Waals surface area contributed by atoms with Gasteiger partial charge in [0.05, 0.1) is 0 Å². The number of alkyl halides is 2. The van der Waals surface area contributed by atoms with Gasteiger partial charge in [-0.25, -0.2) is 13.8 Å². The Morgan fingerprint density at radius 2 is 1.90 bits per heavy atom. The third kappa shape index (κ3) is 3.06. The Balaban J connectivity index is 1.48. The van der Waals surface area contributed by atoms with Gasteiger partial charge in [-0.15, -0.1) is 0 Å². The number of anilines is 1. The van der Waals surface area contributed by atoms with E-state index >= 15 is 0 Å². The van der Waals surface area contributed by atoms with Gasteiger partial charge in [0.1, 0.15) is 0 Å². The lowest BCUT2D eigenvalue weighted by Crippen LogP contribution is -2.50. The summed E-state index contributed by atoms with van der Waals surface area (Å²) in [5, 5.41) is 0. The number of hydrogen-bond donors (Lipinski definition) is 0. The summed E-state index contributed by atoms with van der Waals surface area (Å²) >= 11 is 0. The molecule has 20 heavy (non-hydrogen) atoms. The lowest BCUT2D eigenvalue weighted by atomic mass is 9.81. The zero-order chi connectivity index (χ0) is 14.2. The second-order valence-corrected chi connectivity index (χ2v) is 5.75. The molecule has 1 aromatic rings. The predicted octanol–water partition coefficient (Wildman–Crippen LogP) is 2.39. The van der Waals surface area contributed by atoms with Crippen molar-refractivity contribution in [3.8, 4) is 0 Å². The van der Waals surface area contributed by atoms with Crippen LogP contribution >= 0.6 is 0 Å². The zero-order valence-corrected chi connectivity index (χ0v) is 11.2. The first-order valence-electron chi connectivity index (χ1n) is 6.98. The summed E-state index contributed by atoms with van der Waals surface area (Å²) in [5.41, 5.74) is 0.840. The van der Waals surface area contributed by atoms with Gasteiger partial charge in [0.25, 0.3) is 0 Å². The first-order chi connectivity index (χ1) is 9.52. The second-order valence-electron chi connectivity index (χ2n) is 5.75. The Morgan fingerprint density at radius 1 is 1.20 bits per heavy atom. The van der Waals surface area contributed by atoms with Crippen LogP contribution in [0.2, 0.25) is 0 Å². The predicted molar refractivity (Wildman–Crippen MR) is 70.5 cm³/mol. The molecular weight excluding hydrogens is 267 g/mol. The lowest BCUT2D eigenvalue weighted by Gasteiger charge is -2.41. The number of nitrogens with zero attached hydrogens (tertiary/aromatic N) is 3. The highest BCUT2D eigenvalue weighted by molar-refractivity contribution is 5.45. The molecule has 110 valence electrons. The topological polar surface area (TPSA) is 19.4 Å². The van der Waals surface area contributed by atoms with Crippen LogP contribution in [0.3, 0.4) is 0 Å². The average molecular weight is 285 g/mol. The van der Waals surface area contributed by atoms with Gasteiger partial charge in [-0.05, 0) is 12.0 Å². The summed E-state index contributed by atoms with van der Waals surface area (Å²) in [6, 6.07) is 3.23. The van der Waals surface area contributed by atoms with Crippen LogP contribution in [0.25, 0.3) is 0 Å². The highest BCUT2D eigenvalue weighted by atomic mass is 19.3. The molecule has 1 saturated carbocycles. The van der Waals surface area contributed by atoms with Gasteiger partial charge in [-0.1, -0.05) is 0 Å². The number of pyridine rings is 1. The van der Waals surface area contributed by atoms with E-state index in [0.29, 0.717) is 0 Å². The normalized spacial score (nSPS) is 23.6. The molecule has 0 aromatic carbocycles. The number of aromatic nitrogens is 1. The van der Waals surface area contributed by atoms with Crippen molar-refractivity contribution in [2.45, 2.75) is 18.8 Å². The van der Waals surface area contributed by atoms with Crippen molar-refractivity contribution in [1.29, 1.82) is 0 Å². The molecule has 3 rings (SSSR count). The van der Waals surface area contributed by atoms with Gasteiger partial charge in [0.15, 0.2) is 0 Å². The highest BCUT2D eigenvalue weighted by Gasteiger charge is 2.45. The van der Waals surface area contributed by atoms with Crippen LogP contribution < -0.4 is 4.90 Å². The van der Waals surface area contributed by atoms with Crippen molar-refractivity contribution in [3.05, 3.63) is 24.3 Å². The van der Waals surface area contributed by atoms with Gasteiger partial charge >= 0.3 is 0 Å². The van der Waals surface area contributed by atoms with Crippen LogP contribution in [0, 0.1) is 11.9 Å². The fourth-order valence-corrected chi connectivity index (χ4v) is 3.06. The molecule has 0 atom stereocenters. The smallest absolute Gasteiger partial charge is 0.248 e. The van der Waals surface area contributed by atoms with E-state index in [9.17, 15) is 13.2 Å². The van der Waals surface area contributed by atoms with E-state index in [1.807, 2.05) is 0 Å². The second kappa shape index (κ2) is 5.24. The first kappa shape index (κ1) is 13.7. The molecule has 2 fully saturated rings. The molecule has 3 nitrogen and oxygen atoms in total. The Hall–Kier alpha value is -1.30. The number of hydrogen-bond acceptors (Lipinski definition) is 3. The first-order valence-corrected chi connectivity index (χ1v) is 6.98. The van der Waals surface area contributed by atoms with E-state index in [4.69, 9.17) is 0 Å². The maximum atomic E-state index is 13.1. The minimum absolute atomic E-state index is 0.0305. The minimum Gasteiger partial charge on any atom is -0.369 e. The number of rotatable bonds is 3.